The molecule has 3 nitrogen and oxygen atoms in total. The van der Waals surface area contributed by atoms with Gasteiger partial charge in [0.1, 0.15) is 0 Å². The topological polar surface area (TPSA) is 29.5 Å². The molecule has 1 heterocycles. The zero-order valence-electron chi connectivity index (χ0n) is 10.1. The van der Waals surface area contributed by atoms with Crippen molar-refractivity contribution >= 4 is 33.6 Å². The van der Waals surface area contributed by atoms with E-state index in [1.54, 1.807) is 11.8 Å². The maximum atomic E-state index is 11.9. The number of benzene rings is 1. The first kappa shape index (κ1) is 13.9. The van der Waals surface area contributed by atoms with Gasteiger partial charge < -0.3 is 9.64 Å². The summed E-state index contributed by atoms with van der Waals surface area (Å²) in [6.45, 7) is 2.80. The molecule has 1 aliphatic rings. The van der Waals surface area contributed by atoms with Crippen molar-refractivity contribution in [2.24, 2.45) is 0 Å². The summed E-state index contributed by atoms with van der Waals surface area (Å²) in [5, 5.41) is 0. The Morgan fingerprint density at radius 3 is 2.78 bits per heavy atom. The van der Waals surface area contributed by atoms with Crippen molar-refractivity contribution in [1.82, 2.24) is 4.90 Å². The minimum atomic E-state index is 0.218. The van der Waals surface area contributed by atoms with E-state index in [1.165, 1.54) is 5.56 Å². The van der Waals surface area contributed by atoms with Gasteiger partial charge in [0.15, 0.2) is 0 Å². The lowest BCUT2D eigenvalue weighted by atomic mass is 10.2. The van der Waals surface area contributed by atoms with E-state index in [2.05, 4.69) is 22.0 Å². The summed E-state index contributed by atoms with van der Waals surface area (Å²) in [7, 11) is 0. The average Bonchev–Trinajstić information content (AvgIpc) is 2.42. The number of amides is 1. The van der Waals surface area contributed by atoms with Crippen LogP contribution < -0.4 is 0 Å². The van der Waals surface area contributed by atoms with Crippen molar-refractivity contribution in [2.45, 2.75) is 5.75 Å². The van der Waals surface area contributed by atoms with Crippen molar-refractivity contribution in [3.05, 3.63) is 34.3 Å². The van der Waals surface area contributed by atoms with Crippen molar-refractivity contribution in [1.29, 1.82) is 0 Å². The smallest absolute Gasteiger partial charge is 0.232 e. The molecule has 1 aliphatic heterocycles. The second kappa shape index (κ2) is 7.16. The zero-order chi connectivity index (χ0) is 12.8. The molecule has 18 heavy (non-hydrogen) atoms. The van der Waals surface area contributed by atoms with Crippen LogP contribution in [0.3, 0.4) is 0 Å². The van der Waals surface area contributed by atoms with Gasteiger partial charge in [0.25, 0.3) is 0 Å². The van der Waals surface area contributed by atoms with Crippen LogP contribution >= 0.6 is 27.7 Å². The van der Waals surface area contributed by atoms with Gasteiger partial charge in [-0.2, -0.15) is 0 Å². The molecule has 1 aromatic rings. The van der Waals surface area contributed by atoms with Gasteiger partial charge in [-0.05, 0) is 11.6 Å². The quantitative estimate of drug-likeness (QED) is 0.850. The third kappa shape index (κ3) is 4.00. The normalized spacial score (nSPS) is 15.7. The molecule has 1 amide bonds. The molecular formula is C13H16BrNO2S. The summed E-state index contributed by atoms with van der Waals surface area (Å²) in [6, 6.07) is 8.12. The molecule has 0 saturated carbocycles. The molecule has 1 aromatic carbocycles. The molecule has 0 N–H and O–H groups in total. The summed E-state index contributed by atoms with van der Waals surface area (Å²) in [4.78, 5) is 13.8. The summed E-state index contributed by atoms with van der Waals surface area (Å²) in [5.41, 5.74) is 1.23. The Morgan fingerprint density at radius 1 is 1.33 bits per heavy atom. The number of hydrogen-bond acceptors (Lipinski definition) is 3. The van der Waals surface area contributed by atoms with E-state index in [0.717, 1.165) is 23.3 Å². The van der Waals surface area contributed by atoms with Crippen molar-refractivity contribution < 1.29 is 9.53 Å². The Balaban J connectivity index is 1.75. The molecule has 0 aliphatic carbocycles. The van der Waals surface area contributed by atoms with Gasteiger partial charge in [-0.1, -0.05) is 34.1 Å². The van der Waals surface area contributed by atoms with E-state index in [4.69, 9.17) is 4.74 Å². The van der Waals surface area contributed by atoms with Gasteiger partial charge in [0.2, 0.25) is 5.91 Å². The van der Waals surface area contributed by atoms with Gasteiger partial charge in [-0.15, -0.1) is 11.8 Å². The minimum Gasteiger partial charge on any atom is -0.378 e. The molecular weight excluding hydrogens is 314 g/mol. The predicted molar refractivity (Wildman–Crippen MR) is 77.7 cm³/mol. The number of carbonyl (C=O) groups is 1. The number of nitrogens with zero attached hydrogens (tertiary/aromatic N) is 1. The molecule has 0 aromatic heterocycles. The third-order valence-corrected chi connectivity index (χ3v) is 4.54. The van der Waals surface area contributed by atoms with Gasteiger partial charge >= 0.3 is 0 Å². The fourth-order valence-electron chi connectivity index (χ4n) is 1.77. The number of hydrogen-bond donors (Lipinski definition) is 0. The van der Waals surface area contributed by atoms with Gasteiger partial charge in [0, 0.05) is 23.3 Å². The van der Waals surface area contributed by atoms with Gasteiger partial charge in [0.05, 0.1) is 19.0 Å². The first-order valence-corrected chi connectivity index (χ1v) is 7.89. The Labute approximate surface area is 120 Å². The van der Waals surface area contributed by atoms with E-state index >= 15 is 0 Å². The lowest BCUT2D eigenvalue weighted by Gasteiger charge is -2.26. The standard InChI is InChI=1S/C13H16BrNO2S/c14-12-4-2-1-3-11(12)9-18-10-13(16)15-5-7-17-8-6-15/h1-4H,5-10H2. The molecule has 1 fully saturated rings. The number of thioether (sulfide) groups is 1. The highest BCUT2D eigenvalue weighted by Gasteiger charge is 2.16. The second-order valence-corrected chi connectivity index (χ2v) is 5.92. The number of ether oxygens (including phenoxy) is 1. The van der Waals surface area contributed by atoms with E-state index < -0.39 is 0 Å². The lowest BCUT2D eigenvalue weighted by Crippen LogP contribution is -2.41. The summed E-state index contributed by atoms with van der Waals surface area (Å²) < 4.78 is 6.34. The summed E-state index contributed by atoms with van der Waals surface area (Å²) >= 11 is 5.18. The maximum Gasteiger partial charge on any atom is 0.232 e. The first-order valence-electron chi connectivity index (χ1n) is 5.94. The van der Waals surface area contributed by atoms with E-state index in [0.29, 0.717) is 19.0 Å². The number of halogens is 1. The maximum absolute atomic E-state index is 11.9. The summed E-state index contributed by atoms with van der Waals surface area (Å²) in [6.07, 6.45) is 0. The van der Waals surface area contributed by atoms with Crippen molar-refractivity contribution in [3.63, 3.8) is 0 Å². The van der Waals surface area contributed by atoms with E-state index in [1.807, 2.05) is 23.1 Å². The fraction of sp³-hybridized carbons (Fsp3) is 0.462. The molecule has 0 bridgehead atoms. The Kier molecular flexibility index (Phi) is 5.53. The van der Waals surface area contributed by atoms with Crippen LogP contribution in [-0.2, 0) is 15.3 Å². The van der Waals surface area contributed by atoms with Crippen molar-refractivity contribution in [3.8, 4) is 0 Å². The van der Waals surface area contributed by atoms with Crippen LogP contribution in [0.4, 0.5) is 0 Å². The minimum absolute atomic E-state index is 0.218. The highest BCUT2D eigenvalue weighted by molar-refractivity contribution is 9.10. The third-order valence-electron chi connectivity index (χ3n) is 2.80. The van der Waals surface area contributed by atoms with E-state index in [-0.39, 0.29) is 5.91 Å². The highest BCUT2D eigenvalue weighted by atomic mass is 79.9. The number of carbonyl (C=O) groups excluding carboxylic acids is 1. The molecule has 0 spiro atoms. The van der Waals surface area contributed by atoms with Gasteiger partial charge in [-0.25, -0.2) is 0 Å². The van der Waals surface area contributed by atoms with Crippen LogP contribution in [0.2, 0.25) is 0 Å². The Hall–Kier alpha value is -0.520. The van der Waals surface area contributed by atoms with Gasteiger partial charge in [-0.3, -0.25) is 4.79 Å². The van der Waals surface area contributed by atoms with Crippen molar-refractivity contribution in [2.75, 3.05) is 32.1 Å². The van der Waals surface area contributed by atoms with Crippen LogP contribution in [0, 0.1) is 0 Å². The fourth-order valence-corrected chi connectivity index (χ4v) is 3.31. The largest absolute Gasteiger partial charge is 0.378 e. The molecule has 1 saturated heterocycles. The van der Waals surface area contributed by atoms with Crippen LogP contribution in [0.15, 0.2) is 28.7 Å². The molecule has 5 heteroatoms. The van der Waals surface area contributed by atoms with Crippen LogP contribution in [-0.4, -0.2) is 42.9 Å². The highest BCUT2D eigenvalue weighted by Crippen LogP contribution is 2.21. The van der Waals surface area contributed by atoms with Crippen LogP contribution in [0.5, 0.6) is 0 Å². The number of rotatable bonds is 4. The molecule has 0 atom stereocenters. The Morgan fingerprint density at radius 2 is 2.06 bits per heavy atom. The Bertz CT molecular complexity index is 408. The lowest BCUT2D eigenvalue weighted by molar-refractivity contribution is -0.132. The molecule has 0 radical (unpaired) electrons. The molecule has 2 rings (SSSR count). The predicted octanol–water partition coefficient (Wildman–Crippen LogP) is 2.54. The molecule has 98 valence electrons. The summed E-state index contributed by atoms with van der Waals surface area (Å²) in [5.74, 6) is 1.62. The average molecular weight is 330 g/mol. The van der Waals surface area contributed by atoms with Crippen LogP contribution in [0.25, 0.3) is 0 Å². The second-order valence-electron chi connectivity index (χ2n) is 4.08. The van der Waals surface area contributed by atoms with Crippen LogP contribution in [0.1, 0.15) is 5.56 Å². The van der Waals surface area contributed by atoms with E-state index in [9.17, 15) is 4.79 Å². The first-order chi connectivity index (χ1) is 8.77. The zero-order valence-corrected chi connectivity index (χ0v) is 12.5. The number of morpholine rings is 1. The monoisotopic (exact) mass is 329 g/mol. The molecule has 0 unspecified atom stereocenters. The SMILES string of the molecule is O=C(CSCc1ccccc1Br)N1CCOCC1.